The molecule has 0 bridgehead atoms. The zero-order valence-electron chi connectivity index (χ0n) is 23.3. The summed E-state index contributed by atoms with van der Waals surface area (Å²) in [6.45, 7) is 8.96. The molecule has 0 heterocycles. The van der Waals surface area contributed by atoms with Gasteiger partial charge in [0.15, 0.2) is 0 Å². The van der Waals surface area contributed by atoms with Crippen LogP contribution < -0.4 is 14.2 Å². The van der Waals surface area contributed by atoms with E-state index in [1.54, 1.807) is 6.08 Å². The van der Waals surface area contributed by atoms with Crippen LogP contribution in [0.15, 0.2) is 97.6 Å². The van der Waals surface area contributed by atoms with Crippen molar-refractivity contribution in [3.8, 4) is 28.4 Å². The molecule has 0 aliphatic carbocycles. The third kappa shape index (κ3) is 9.63. The van der Waals surface area contributed by atoms with Crippen LogP contribution in [0.2, 0.25) is 0 Å². The van der Waals surface area contributed by atoms with E-state index in [0.717, 1.165) is 28.3 Å². The molecule has 0 N–H and O–H groups in total. The first kappa shape index (κ1) is 31.1. The van der Waals surface area contributed by atoms with Crippen LogP contribution in [0.25, 0.3) is 17.2 Å². The number of hydrogen-bond donors (Lipinski definition) is 0. The molecule has 3 aromatic rings. The Morgan fingerprint density at radius 2 is 1.43 bits per heavy atom. The summed E-state index contributed by atoms with van der Waals surface area (Å²) in [6, 6.07) is 19.3. The summed E-state index contributed by atoms with van der Waals surface area (Å²) >= 11 is 0. The van der Waals surface area contributed by atoms with Crippen molar-refractivity contribution in [1.82, 2.24) is 0 Å². The Bertz CT molecular complexity index is 1480. The summed E-state index contributed by atoms with van der Waals surface area (Å²) < 4.78 is 25.4. The summed E-state index contributed by atoms with van der Waals surface area (Å²) in [5.74, 6) is -1.14. The molecule has 0 aliphatic heterocycles. The summed E-state index contributed by atoms with van der Waals surface area (Å²) in [6.07, 6.45) is 3.82. The molecule has 216 valence electrons. The number of carbonyl (C=O) groups is 4. The molecule has 3 aromatic carbocycles. The summed E-state index contributed by atoms with van der Waals surface area (Å²) in [4.78, 5) is 46.5. The third-order valence-corrected chi connectivity index (χ3v) is 5.71. The predicted molar refractivity (Wildman–Crippen MR) is 156 cm³/mol. The quantitative estimate of drug-likeness (QED) is 0.115. The molecule has 0 radical (unpaired) electrons. The normalized spacial score (nSPS) is 10.4. The average Bonchev–Trinajstić information content (AvgIpc) is 2.99. The number of esters is 4. The fourth-order valence-corrected chi connectivity index (χ4v) is 3.61. The standard InChI is InChI=1S/C33H30O9/c1-5-30(34)41-27-12-14-28(15-13-27)42-31(35)17-7-24-6-16-29(22(2)20-24)25-8-10-26(11-9-25)39-18-19-40-33(37)23(3)21-32(36)38-4/h5-17,20H,1,3,18-19,21H2,2,4H3/b17-7+. The Kier molecular flexibility index (Phi) is 11.4. The Morgan fingerprint density at radius 1 is 0.810 bits per heavy atom. The van der Waals surface area contributed by atoms with Crippen molar-refractivity contribution < 1.29 is 42.9 Å². The van der Waals surface area contributed by atoms with Crippen molar-refractivity contribution in [3.05, 3.63) is 109 Å². The van der Waals surface area contributed by atoms with E-state index in [2.05, 4.69) is 17.9 Å². The molecule has 0 saturated carbocycles. The summed E-state index contributed by atoms with van der Waals surface area (Å²) in [5, 5.41) is 0. The lowest BCUT2D eigenvalue weighted by Crippen LogP contribution is -2.15. The van der Waals surface area contributed by atoms with Gasteiger partial charge in [-0.15, -0.1) is 0 Å². The highest BCUT2D eigenvalue weighted by Gasteiger charge is 2.13. The maximum absolute atomic E-state index is 12.2. The van der Waals surface area contributed by atoms with Crippen molar-refractivity contribution in [3.63, 3.8) is 0 Å². The minimum absolute atomic E-state index is 0.00190. The lowest BCUT2D eigenvalue weighted by molar-refractivity contribution is -0.144. The zero-order chi connectivity index (χ0) is 30.5. The molecule has 9 nitrogen and oxygen atoms in total. The minimum atomic E-state index is -0.676. The van der Waals surface area contributed by atoms with E-state index in [4.69, 9.17) is 18.9 Å². The van der Waals surface area contributed by atoms with Gasteiger partial charge in [0.1, 0.15) is 30.5 Å². The van der Waals surface area contributed by atoms with Crippen LogP contribution in [0, 0.1) is 6.92 Å². The number of carbonyl (C=O) groups excluding carboxylic acids is 4. The Morgan fingerprint density at radius 3 is 2.02 bits per heavy atom. The van der Waals surface area contributed by atoms with Gasteiger partial charge in [0, 0.05) is 17.7 Å². The summed E-state index contributed by atoms with van der Waals surface area (Å²) in [7, 11) is 1.23. The van der Waals surface area contributed by atoms with Crippen LogP contribution in [0.5, 0.6) is 17.2 Å². The van der Waals surface area contributed by atoms with Gasteiger partial charge >= 0.3 is 23.9 Å². The molecule has 0 aliphatic rings. The molecule has 42 heavy (non-hydrogen) atoms. The van der Waals surface area contributed by atoms with Crippen LogP contribution in [-0.4, -0.2) is 44.2 Å². The first-order chi connectivity index (χ1) is 20.2. The van der Waals surface area contributed by atoms with Crippen LogP contribution >= 0.6 is 0 Å². The molecule has 0 unspecified atom stereocenters. The second-order valence-electron chi connectivity index (χ2n) is 8.79. The van der Waals surface area contributed by atoms with Gasteiger partial charge in [0.25, 0.3) is 0 Å². The van der Waals surface area contributed by atoms with Gasteiger partial charge < -0.3 is 23.7 Å². The van der Waals surface area contributed by atoms with Gasteiger partial charge in [0.05, 0.1) is 13.5 Å². The first-order valence-electron chi connectivity index (χ1n) is 12.8. The van der Waals surface area contributed by atoms with Gasteiger partial charge in [-0.3, -0.25) is 4.79 Å². The van der Waals surface area contributed by atoms with Gasteiger partial charge in [-0.05, 0) is 71.7 Å². The van der Waals surface area contributed by atoms with Crippen molar-refractivity contribution in [1.29, 1.82) is 0 Å². The lowest BCUT2D eigenvalue weighted by atomic mass is 9.98. The van der Waals surface area contributed by atoms with Crippen molar-refractivity contribution >= 4 is 30.0 Å². The van der Waals surface area contributed by atoms with E-state index in [0.29, 0.717) is 17.2 Å². The second-order valence-corrected chi connectivity index (χ2v) is 8.79. The number of benzene rings is 3. The highest BCUT2D eigenvalue weighted by atomic mass is 16.6. The Balaban J connectivity index is 1.49. The highest BCUT2D eigenvalue weighted by Crippen LogP contribution is 2.27. The molecule has 0 amide bonds. The highest BCUT2D eigenvalue weighted by molar-refractivity contribution is 5.93. The first-order valence-corrected chi connectivity index (χ1v) is 12.8. The summed E-state index contributed by atoms with van der Waals surface area (Å²) in [5.41, 5.74) is 3.82. The third-order valence-electron chi connectivity index (χ3n) is 5.71. The fourth-order valence-electron chi connectivity index (χ4n) is 3.61. The average molecular weight is 571 g/mol. The van der Waals surface area contributed by atoms with E-state index in [1.165, 1.54) is 37.5 Å². The van der Waals surface area contributed by atoms with Crippen LogP contribution in [0.4, 0.5) is 0 Å². The van der Waals surface area contributed by atoms with Crippen molar-refractivity contribution in [2.75, 3.05) is 20.3 Å². The largest absolute Gasteiger partial charge is 0.490 e. The minimum Gasteiger partial charge on any atom is -0.490 e. The van der Waals surface area contributed by atoms with Crippen LogP contribution in [0.1, 0.15) is 17.5 Å². The molecule has 3 rings (SSSR count). The lowest BCUT2D eigenvalue weighted by Gasteiger charge is -2.10. The van der Waals surface area contributed by atoms with Crippen LogP contribution in [0.3, 0.4) is 0 Å². The topological polar surface area (TPSA) is 114 Å². The van der Waals surface area contributed by atoms with E-state index in [-0.39, 0.29) is 25.2 Å². The number of methoxy groups -OCH3 is 1. The molecule has 0 spiro atoms. The van der Waals surface area contributed by atoms with Gasteiger partial charge in [-0.25, -0.2) is 14.4 Å². The maximum atomic E-state index is 12.2. The smallest absolute Gasteiger partial charge is 0.336 e. The number of rotatable bonds is 13. The van der Waals surface area contributed by atoms with Crippen molar-refractivity contribution in [2.45, 2.75) is 13.3 Å². The number of ether oxygens (including phenoxy) is 5. The number of hydrogen-bond acceptors (Lipinski definition) is 9. The van der Waals surface area contributed by atoms with Gasteiger partial charge in [-0.1, -0.05) is 43.5 Å². The fraction of sp³-hybridized carbons (Fsp3) is 0.152. The molecule has 0 aromatic heterocycles. The molecular formula is C33H30O9. The van der Waals surface area contributed by atoms with E-state index in [9.17, 15) is 19.2 Å². The Labute approximate surface area is 243 Å². The molecule has 0 saturated heterocycles. The van der Waals surface area contributed by atoms with E-state index < -0.39 is 23.9 Å². The molecule has 0 atom stereocenters. The zero-order valence-corrected chi connectivity index (χ0v) is 23.3. The van der Waals surface area contributed by atoms with E-state index in [1.807, 2.05) is 49.4 Å². The molecule has 0 fully saturated rings. The monoisotopic (exact) mass is 570 g/mol. The molecular weight excluding hydrogens is 540 g/mol. The predicted octanol–water partition coefficient (Wildman–Crippen LogP) is 5.41. The van der Waals surface area contributed by atoms with Gasteiger partial charge in [-0.2, -0.15) is 0 Å². The van der Waals surface area contributed by atoms with Gasteiger partial charge in [0.2, 0.25) is 0 Å². The maximum Gasteiger partial charge on any atom is 0.336 e. The van der Waals surface area contributed by atoms with Crippen molar-refractivity contribution in [2.24, 2.45) is 0 Å². The van der Waals surface area contributed by atoms with Crippen LogP contribution in [-0.2, 0) is 28.7 Å². The second kappa shape index (κ2) is 15.4. The number of aryl methyl sites for hydroxylation is 1. The SMILES string of the molecule is C=CC(=O)Oc1ccc(OC(=O)/C=C/c2ccc(-c3ccc(OCCOC(=O)C(=C)CC(=O)OC)cc3)c(C)c2)cc1. The molecule has 9 heteroatoms. The van der Waals surface area contributed by atoms with E-state index >= 15 is 0 Å². The Hall–Kier alpha value is -5.44.